The maximum atomic E-state index is 12.8. The van der Waals surface area contributed by atoms with Crippen LogP contribution in [0.15, 0.2) is 54.6 Å². The first-order valence-electron chi connectivity index (χ1n) is 10.3. The van der Waals surface area contributed by atoms with Gasteiger partial charge in [-0.3, -0.25) is 4.79 Å². The van der Waals surface area contributed by atoms with Gasteiger partial charge in [0.05, 0.1) is 11.8 Å². The molecule has 3 rings (SSSR count). The second kappa shape index (κ2) is 12.7. The number of aromatic nitrogens is 3. The summed E-state index contributed by atoms with van der Waals surface area (Å²) in [6, 6.07) is 14.5. The molecular weight excluding hydrogens is 608 g/mol. The minimum absolute atomic E-state index is 0. The predicted molar refractivity (Wildman–Crippen MR) is 120 cm³/mol. The summed E-state index contributed by atoms with van der Waals surface area (Å²) in [4.78, 5) is 24.4. The Kier molecular flexibility index (Phi) is 10.3. The van der Waals surface area contributed by atoms with Crippen molar-refractivity contribution in [1.29, 1.82) is 0 Å². The molecule has 0 radical (unpaired) electrons. The fourth-order valence-corrected chi connectivity index (χ4v) is 4.82. The number of nitrogens with one attached hydrogen (secondary N) is 2. The van der Waals surface area contributed by atoms with Gasteiger partial charge in [0.1, 0.15) is 0 Å². The van der Waals surface area contributed by atoms with Crippen LogP contribution in [0, 0.1) is 6.20 Å². The molecule has 0 saturated carbocycles. The monoisotopic (exact) mass is 635 g/mol. The number of rotatable bonds is 10. The summed E-state index contributed by atoms with van der Waals surface area (Å²) in [5.74, 6) is -1.57. The number of aromatic amines is 1. The van der Waals surface area contributed by atoms with Crippen molar-refractivity contribution in [3.05, 3.63) is 71.9 Å². The number of aryl methyl sites for hydroxylation is 1. The first kappa shape index (κ1) is 25.9. The third-order valence-electron chi connectivity index (χ3n) is 5.11. The van der Waals surface area contributed by atoms with E-state index < -0.39 is 17.9 Å². The number of nitrogens with zero attached hydrogens (tertiary/aromatic N) is 2. The molecular formula is C23H27AuN4O3P+. The number of hydrogen-bond donors (Lipinski definition) is 3. The Bertz CT molecular complexity index is 1020. The Morgan fingerprint density at radius 1 is 1.16 bits per heavy atom. The molecule has 2 aromatic carbocycles. The number of carbonyl (C=O) groups excluding carboxylic acids is 1. The van der Waals surface area contributed by atoms with Gasteiger partial charge in [0.2, 0.25) is 0 Å². The number of hydrogen-bond acceptors (Lipinski definition) is 3. The van der Waals surface area contributed by atoms with Gasteiger partial charge in [0.15, 0.2) is 6.04 Å². The Morgan fingerprint density at radius 3 is 2.53 bits per heavy atom. The maximum absolute atomic E-state index is 12.8. The molecule has 9 heteroatoms. The first-order chi connectivity index (χ1) is 15.0. The second-order valence-electron chi connectivity index (χ2n) is 7.08. The normalized spacial score (nSPS) is 11.6. The molecule has 1 aromatic heterocycles. The summed E-state index contributed by atoms with van der Waals surface area (Å²) >= 11 is 0. The quantitative estimate of drug-likeness (QED) is 0.138. The number of aliphatic carboxylic acids is 1. The molecule has 0 saturated heterocycles. The maximum Gasteiger partial charge on any atom is 1.00 e. The van der Waals surface area contributed by atoms with Crippen molar-refractivity contribution >= 4 is 19.8 Å². The van der Waals surface area contributed by atoms with Crippen LogP contribution >= 0.6 is 7.92 Å². The van der Waals surface area contributed by atoms with Crippen molar-refractivity contribution in [2.75, 3.05) is 18.5 Å². The molecule has 0 aliphatic heterocycles. The molecule has 0 unspecified atom stereocenters. The van der Waals surface area contributed by atoms with E-state index in [2.05, 4.69) is 35.7 Å². The SMILES string of the molecule is CCP(CC)CC[n+]1[c-]c(-c2cccc(C(=O)N[C@@H](C(=O)O)c3ccccc3)c2)[nH]n1.[Au+]. The van der Waals surface area contributed by atoms with Gasteiger partial charge in [0.25, 0.3) is 5.91 Å². The van der Waals surface area contributed by atoms with E-state index in [0.717, 1.165) is 18.3 Å². The number of benzene rings is 2. The summed E-state index contributed by atoms with van der Waals surface area (Å²) in [7, 11) is 0.0323. The average molecular weight is 635 g/mol. The van der Waals surface area contributed by atoms with Crippen LogP contribution in [0.2, 0.25) is 0 Å². The average Bonchev–Trinajstić information content (AvgIpc) is 3.27. The standard InChI is InChI=1S/C23H27N4O3P.Au/c1-3-31(4-2)14-13-27-16-20(25-26-27)18-11-8-12-19(15-18)22(28)24-21(23(29)30)17-9-6-5-7-10-17;/h5-12,15,21,25H,3-4,13-14H2,1-2H3,(H,24,28)(H,29,30);/q;+1/t21-;/m1./s1. The van der Waals surface area contributed by atoms with E-state index in [0.29, 0.717) is 16.8 Å². The zero-order valence-electron chi connectivity index (χ0n) is 18.0. The molecule has 0 aliphatic rings. The van der Waals surface area contributed by atoms with Crippen LogP contribution in [-0.4, -0.2) is 45.8 Å². The number of amides is 1. The second-order valence-corrected chi connectivity index (χ2v) is 10.1. The Labute approximate surface area is 204 Å². The fourth-order valence-electron chi connectivity index (χ4n) is 3.26. The van der Waals surface area contributed by atoms with Gasteiger partial charge in [-0.1, -0.05) is 56.3 Å². The third-order valence-corrected chi connectivity index (χ3v) is 7.74. The van der Waals surface area contributed by atoms with E-state index in [4.69, 9.17) is 0 Å². The van der Waals surface area contributed by atoms with Gasteiger partial charge in [-0.15, -0.1) is 25.6 Å². The summed E-state index contributed by atoms with van der Waals surface area (Å²) in [6.45, 7) is 5.26. The van der Waals surface area contributed by atoms with Crippen molar-refractivity contribution in [3.63, 3.8) is 0 Å². The first-order valence-corrected chi connectivity index (χ1v) is 12.2. The smallest absolute Gasteiger partial charge is 0.479 e. The summed E-state index contributed by atoms with van der Waals surface area (Å²) in [5.41, 5.74) is 2.33. The zero-order valence-corrected chi connectivity index (χ0v) is 21.1. The van der Waals surface area contributed by atoms with Gasteiger partial charge in [-0.05, 0) is 17.9 Å². The van der Waals surface area contributed by atoms with Crippen LogP contribution in [0.5, 0.6) is 0 Å². The van der Waals surface area contributed by atoms with Gasteiger partial charge in [-0.2, -0.15) is 5.10 Å². The molecule has 0 aliphatic carbocycles. The molecule has 3 N–H and O–H groups in total. The molecule has 172 valence electrons. The Balaban J connectivity index is 0.00000363. The van der Waals surface area contributed by atoms with Gasteiger partial charge in [-0.25, -0.2) is 9.48 Å². The van der Waals surface area contributed by atoms with E-state index in [1.807, 2.05) is 6.07 Å². The predicted octanol–water partition coefficient (Wildman–Crippen LogP) is 3.24. The third kappa shape index (κ3) is 6.84. The van der Waals surface area contributed by atoms with Crippen molar-refractivity contribution in [2.45, 2.75) is 26.4 Å². The molecule has 32 heavy (non-hydrogen) atoms. The number of carbonyl (C=O) groups is 2. The molecule has 0 bridgehead atoms. The summed E-state index contributed by atoms with van der Waals surface area (Å²) in [6.07, 6.45) is 6.74. The number of carboxylic acid groups (broad SMARTS) is 1. The van der Waals surface area contributed by atoms with Crippen molar-refractivity contribution < 1.29 is 41.8 Å². The number of carboxylic acids is 1. The molecule has 1 amide bonds. The van der Waals surface area contributed by atoms with Crippen LogP contribution in [0.1, 0.15) is 35.8 Å². The van der Waals surface area contributed by atoms with E-state index in [-0.39, 0.29) is 30.3 Å². The largest absolute Gasteiger partial charge is 1.00 e. The van der Waals surface area contributed by atoms with E-state index >= 15 is 0 Å². The molecule has 1 heterocycles. The Hall–Kier alpha value is -2.31. The van der Waals surface area contributed by atoms with Gasteiger partial charge in [0, 0.05) is 23.6 Å². The molecule has 1 atom stereocenters. The van der Waals surface area contributed by atoms with Crippen LogP contribution in [0.3, 0.4) is 0 Å². The molecule has 0 spiro atoms. The minimum atomic E-state index is -1.12. The van der Waals surface area contributed by atoms with E-state index in [9.17, 15) is 14.7 Å². The summed E-state index contributed by atoms with van der Waals surface area (Å²) < 4.78 is 1.78. The van der Waals surface area contributed by atoms with E-state index in [1.54, 1.807) is 53.2 Å². The minimum Gasteiger partial charge on any atom is -0.479 e. The van der Waals surface area contributed by atoms with Gasteiger partial charge >= 0.3 is 28.3 Å². The van der Waals surface area contributed by atoms with Crippen molar-refractivity contribution in [3.8, 4) is 11.3 Å². The van der Waals surface area contributed by atoms with Crippen LogP contribution < -0.4 is 10.00 Å². The van der Waals surface area contributed by atoms with Crippen LogP contribution in [0.4, 0.5) is 0 Å². The van der Waals surface area contributed by atoms with Crippen molar-refractivity contribution in [1.82, 2.24) is 15.6 Å². The molecule has 0 fully saturated rings. The van der Waals surface area contributed by atoms with Gasteiger partial charge < -0.3 is 10.4 Å². The van der Waals surface area contributed by atoms with E-state index in [1.165, 1.54) is 12.3 Å². The van der Waals surface area contributed by atoms with Crippen molar-refractivity contribution in [2.24, 2.45) is 0 Å². The topological polar surface area (TPSA) is 99.0 Å². The number of H-pyrrole nitrogens is 1. The van der Waals surface area contributed by atoms with Crippen LogP contribution in [0.25, 0.3) is 11.3 Å². The molecule has 3 aromatic rings. The Morgan fingerprint density at radius 2 is 1.88 bits per heavy atom. The fraction of sp³-hybridized carbons (Fsp3) is 0.304. The van der Waals surface area contributed by atoms with Crippen LogP contribution in [-0.2, 0) is 33.7 Å². The summed E-state index contributed by atoms with van der Waals surface area (Å²) in [5, 5.41) is 19.4. The zero-order chi connectivity index (χ0) is 22.2. The molecule has 7 nitrogen and oxygen atoms in total.